The van der Waals surface area contributed by atoms with Gasteiger partial charge in [0.05, 0.1) is 11.9 Å². The zero-order valence-electron chi connectivity index (χ0n) is 9.98. The van der Waals surface area contributed by atoms with Gasteiger partial charge < -0.3 is 4.74 Å². The van der Waals surface area contributed by atoms with E-state index in [9.17, 15) is 8.42 Å². The average molecular weight is 344 g/mol. The fourth-order valence-corrected chi connectivity index (χ4v) is 4.51. The topological polar surface area (TPSA) is 43.4 Å². The van der Waals surface area contributed by atoms with Crippen LogP contribution in [0.2, 0.25) is 10.0 Å². The van der Waals surface area contributed by atoms with Crippen LogP contribution in [0.5, 0.6) is 0 Å². The highest BCUT2D eigenvalue weighted by molar-refractivity contribution is 8.14. The number of benzene rings is 1. The predicted octanol–water partition coefficient (Wildman–Crippen LogP) is 3.51. The van der Waals surface area contributed by atoms with Crippen molar-refractivity contribution >= 4 is 42.9 Å². The molecule has 1 heterocycles. The first-order valence-corrected chi connectivity index (χ1v) is 8.96. The van der Waals surface area contributed by atoms with Crippen molar-refractivity contribution in [3.05, 3.63) is 33.8 Å². The lowest BCUT2D eigenvalue weighted by molar-refractivity contribution is 0.0577. The van der Waals surface area contributed by atoms with E-state index in [1.54, 1.807) is 18.2 Å². The molecule has 0 saturated carbocycles. The van der Waals surface area contributed by atoms with Crippen LogP contribution >= 0.6 is 33.9 Å². The van der Waals surface area contributed by atoms with Crippen molar-refractivity contribution in [3.8, 4) is 0 Å². The predicted molar refractivity (Wildman–Crippen MR) is 77.7 cm³/mol. The van der Waals surface area contributed by atoms with Crippen LogP contribution in [-0.4, -0.2) is 26.9 Å². The van der Waals surface area contributed by atoms with Crippen LogP contribution in [0.15, 0.2) is 18.2 Å². The van der Waals surface area contributed by atoms with E-state index in [1.807, 2.05) is 0 Å². The number of hydrogen-bond donors (Lipinski definition) is 0. The smallest absolute Gasteiger partial charge is 0.235 e. The molecule has 0 spiro atoms. The Morgan fingerprint density at radius 3 is 2.68 bits per heavy atom. The summed E-state index contributed by atoms with van der Waals surface area (Å²) in [5.41, 5.74) is 0.854. The molecule has 1 fully saturated rings. The zero-order valence-corrected chi connectivity index (χ0v) is 13.1. The summed E-state index contributed by atoms with van der Waals surface area (Å²) in [5.74, 6) is -0.185. The van der Waals surface area contributed by atoms with Crippen molar-refractivity contribution in [2.24, 2.45) is 5.92 Å². The van der Waals surface area contributed by atoms with Crippen molar-refractivity contribution in [2.75, 3.05) is 13.2 Å². The molecular formula is C12H13Cl3O3S. The third kappa shape index (κ3) is 3.99. The Balaban J connectivity index is 2.20. The minimum atomic E-state index is -3.59. The van der Waals surface area contributed by atoms with Crippen LogP contribution < -0.4 is 0 Å². The molecule has 1 aromatic rings. The van der Waals surface area contributed by atoms with Gasteiger partial charge in [-0.1, -0.05) is 29.3 Å². The van der Waals surface area contributed by atoms with Gasteiger partial charge in [-0.3, -0.25) is 0 Å². The number of halogens is 3. The third-order valence-electron chi connectivity index (χ3n) is 3.26. The summed E-state index contributed by atoms with van der Waals surface area (Å²) in [7, 11) is 1.91. The minimum absolute atomic E-state index is 0.185. The van der Waals surface area contributed by atoms with Crippen molar-refractivity contribution in [2.45, 2.75) is 18.1 Å². The van der Waals surface area contributed by atoms with E-state index in [0.29, 0.717) is 36.1 Å². The van der Waals surface area contributed by atoms with E-state index < -0.39 is 14.3 Å². The average Bonchev–Trinajstić information content (AvgIpc) is 2.32. The van der Waals surface area contributed by atoms with Crippen molar-refractivity contribution in [1.29, 1.82) is 0 Å². The first kappa shape index (κ1) is 15.4. The number of ether oxygens (including phenoxy) is 1. The van der Waals surface area contributed by atoms with E-state index in [-0.39, 0.29) is 5.92 Å². The molecule has 2 rings (SSSR count). The fourth-order valence-electron chi connectivity index (χ4n) is 2.31. The van der Waals surface area contributed by atoms with Gasteiger partial charge in [0, 0.05) is 33.3 Å². The second-order valence-electron chi connectivity index (χ2n) is 4.58. The maximum atomic E-state index is 11.6. The Morgan fingerprint density at radius 1 is 1.32 bits per heavy atom. The molecular weight excluding hydrogens is 331 g/mol. The number of rotatable bonds is 3. The van der Waals surface area contributed by atoms with Crippen LogP contribution in [0, 0.1) is 5.92 Å². The molecule has 7 heteroatoms. The van der Waals surface area contributed by atoms with Crippen LogP contribution in [-0.2, 0) is 20.2 Å². The Labute approximate surface area is 127 Å². The molecule has 3 nitrogen and oxygen atoms in total. The van der Waals surface area contributed by atoms with Gasteiger partial charge in [0.1, 0.15) is 0 Å². The van der Waals surface area contributed by atoms with Gasteiger partial charge in [0.25, 0.3) is 0 Å². The first-order valence-electron chi connectivity index (χ1n) is 5.83. The van der Waals surface area contributed by atoms with Gasteiger partial charge in [0.2, 0.25) is 9.05 Å². The molecule has 0 radical (unpaired) electrons. The normalized spacial score (nSPS) is 24.4. The van der Waals surface area contributed by atoms with Crippen LogP contribution in [0.3, 0.4) is 0 Å². The molecule has 19 heavy (non-hydrogen) atoms. The minimum Gasteiger partial charge on any atom is -0.381 e. The Hall–Kier alpha value is -0.000000000000000111. The molecule has 0 aromatic heterocycles. The first-order chi connectivity index (χ1) is 8.88. The summed E-state index contributed by atoms with van der Waals surface area (Å²) in [6, 6.07) is 5.18. The maximum absolute atomic E-state index is 11.6. The van der Waals surface area contributed by atoms with Crippen molar-refractivity contribution < 1.29 is 13.2 Å². The summed E-state index contributed by atoms with van der Waals surface area (Å²) in [4.78, 5) is 0. The monoisotopic (exact) mass is 342 g/mol. The van der Waals surface area contributed by atoms with Crippen molar-refractivity contribution in [3.63, 3.8) is 0 Å². The van der Waals surface area contributed by atoms with Crippen molar-refractivity contribution in [1.82, 2.24) is 0 Å². The zero-order chi connectivity index (χ0) is 14.0. The molecule has 1 saturated heterocycles. The Bertz CT molecular complexity index is 559. The van der Waals surface area contributed by atoms with E-state index >= 15 is 0 Å². The highest BCUT2D eigenvalue weighted by Gasteiger charge is 2.35. The standard InChI is InChI=1S/C12H13Cl3O3S/c13-10-2-1-8(11(14)6-10)5-9-7-18-4-3-12(9)19(15,16)17/h1-2,6,9,12H,3-5,7H2/t9-,12-/m0/s1. The van der Waals surface area contributed by atoms with Gasteiger partial charge in [-0.15, -0.1) is 0 Å². The van der Waals surface area contributed by atoms with E-state index in [0.717, 1.165) is 5.56 Å². The Morgan fingerprint density at radius 2 is 2.05 bits per heavy atom. The quantitative estimate of drug-likeness (QED) is 0.789. The molecule has 1 aliphatic heterocycles. The molecule has 2 atom stereocenters. The summed E-state index contributed by atoms with van der Waals surface area (Å²) in [5, 5.41) is 0.494. The number of hydrogen-bond acceptors (Lipinski definition) is 3. The van der Waals surface area contributed by atoms with E-state index in [4.69, 9.17) is 38.6 Å². The molecule has 106 valence electrons. The van der Waals surface area contributed by atoms with Gasteiger partial charge in [0.15, 0.2) is 0 Å². The summed E-state index contributed by atoms with van der Waals surface area (Å²) in [6.45, 7) is 0.789. The van der Waals surface area contributed by atoms with Crippen LogP contribution in [0.4, 0.5) is 0 Å². The third-order valence-corrected chi connectivity index (χ3v) is 5.88. The molecule has 0 aliphatic carbocycles. The highest BCUT2D eigenvalue weighted by atomic mass is 35.7. The summed E-state index contributed by atoms with van der Waals surface area (Å²) >= 11 is 11.9. The lowest BCUT2D eigenvalue weighted by Crippen LogP contribution is -2.37. The van der Waals surface area contributed by atoms with E-state index in [1.165, 1.54) is 0 Å². The van der Waals surface area contributed by atoms with Gasteiger partial charge >= 0.3 is 0 Å². The highest BCUT2D eigenvalue weighted by Crippen LogP contribution is 2.30. The van der Waals surface area contributed by atoms with Crippen LogP contribution in [0.25, 0.3) is 0 Å². The molecule has 0 bridgehead atoms. The Kier molecular flexibility index (Phi) is 5.01. The maximum Gasteiger partial charge on any atom is 0.235 e. The second-order valence-corrected chi connectivity index (χ2v) is 8.27. The molecule has 0 unspecified atom stereocenters. The van der Waals surface area contributed by atoms with Crippen LogP contribution in [0.1, 0.15) is 12.0 Å². The molecule has 0 amide bonds. The lowest BCUT2D eigenvalue weighted by atomic mass is 9.93. The largest absolute Gasteiger partial charge is 0.381 e. The SMILES string of the molecule is O=S(=O)(Cl)[C@H]1CCOC[C@@H]1Cc1ccc(Cl)cc1Cl. The molecule has 1 aliphatic rings. The lowest BCUT2D eigenvalue weighted by Gasteiger charge is -2.29. The van der Waals surface area contributed by atoms with Gasteiger partial charge in [-0.2, -0.15) is 0 Å². The summed E-state index contributed by atoms with van der Waals surface area (Å²) < 4.78 is 28.5. The fraction of sp³-hybridized carbons (Fsp3) is 0.500. The molecule has 0 N–H and O–H groups in total. The van der Waals surface area contributed by atoms with Gasteiger partial charge in [-0.05, 0) is 30.5 Å². The second kappa shape index (κ2) is 6.19. The van der Waals surface area contributed by atoms with E-state index in [2.05, 4.69) is 0 Å². The molecule has 1 aromatic carbocycles. The summed E-state index contributed by atoms with van der Waals surface area (Å²) in [6.07, 6.45) is 0.925. The van der Waals surface area contributed by atoms with Gasteiger partial charge in [-0.25, -0.2) is 8.42 Å².